The van der Waals surface area contributed by atoms with Gasteiger partial charge >= 0.3 is 0 Å². The first-order valence-electron chi connectivity index (χ1n) is 8.49. The lowest BCUT2D eigenvalue weighted by molar-refractivity contribution is 0.517. The molecule has 0 aliphatic rings. The Morgan fingerprint density at radius 2 is 1.57 bits per heavy atom. The van der Waals surface area contributed by atoms with Gasteiger partial charge in [0, 0.05) is 28.9 Å². The number of fused-ring (bicyclic) bond motifs is 1. The number of aryl methyl sites for hydroxylation is 1. The Balaban J connectivity index is 1.65. The second-order valence-corrected chi connectivity index (χ2v) is 6.33. The Hall–Kier alpha value is -3.65. The minimum Gasteiger partial charge on any atom is -0.236 e. The minimum absolute atomic E-state index is 0.180. The van der Waals surface area contributed by atoms with E-state index in [9.17, 15) is 13.2 Å². The van der Waals surface area contributed by atoms with Crippen LogP contribution in [0.3, 0.4) is 0 Å². The summed E-state index contributed by atoms with van der Waals surface area (Å²) in [5, 5.41) is 0.706. The van der Waals surface area contributed by atoms with Crippen LogP contribution < -0.4 is 0 Å². The molecular formula is C23H13F3N2. The predicted octanol–water partition coefficient (Wildman–Crippen LogP) is 5.42. The highest BCUT2D eigenvalue weighted by Crippen LogP contribution is 2.22. The maximum absolute atomic E-state index is 14.4. The van der Waals surface area contributed by atoms with Gasteiger partial charge in [-0.25, -0.2) is 23.1 Å². The molecule has 3 aromatic carbocycles. The van der Waals surface area contributed by atoms with E-state index in [2.05, 4.69) is 21.8 Å². The van der Waals surface area contributed by atoms with E-state index >= 15 is 0 Å². The Morgan fingerprint density at radius 3 is 2.32 bits per heavy atom. The van der Waals surface area contributed by atoms with Crippen molar-refractivity contribution in [2.75, 3.05) is 0 Å². The summed E-state index contributed by atoms with van der Waals surface area (Å²) in [6, 6.07) is 11.8. The Labute approximate surface area is 159 Å². The Kier molecular flexibility index (Phi) is 4.54. The van der Waals surface area contributed by atoms with Crippen LogP contribution >= 0.6 is 0 Å². The lowest BCUT2D eigenvalue weighted by atomic mass is 10.1. The first-order chi connectivity index (χ1) is 13.5. The van der Waals surface area contributed by atoms with E-state index in [4.69, 9.17) is 0 Å². The predicted molar refractivity (Wildman–Crippen MR) is 102 cm³/mol. The average Bonchev–Trinajstić information content (AvgIpc) is 2.70. The summed E-state index contributed by atoms with van der Waals surface area (Å²) < 4.78 is 41.5. The fourth-order valence-electron chi connectivity index (χ4n) is 2.78. The third-order valence-corrected chi connectivity index (χ3v) is 4.26. The van der Waals surface area contributed by atoms with Crippen LogP contribution in [0.4, 0.5) is 13.2 Å². The maximum atomic E-state index is 14.4. The molecule has 0 saturated carbocycles. The van der Waals surface area contributed by atoms with E-state index in [1.165, 1.54) is 18.2 Å². The van der Waals surface area contributed by atoms with Crippen molar-refractivity contribution in [3.8, 4) is 23.2 Å². The minimum atomic E-state index is -0.897. The van der Waals surface area contributed by atoms with Crippen molar-refractivity contribution in [2.45, 2.75) is 6.92 Å². The van der Waals surface area contributed by atoms with Crippen molar-refractivity contribution >= 4 is 10.8 Å². The van der Waals surface area contributed by atoms with Gasteiger partial charge in [0.15, 0.2) is 17.5 Å². The molecule has 1 aromatic heterocycles. The van der Waals surface area contributed by atoms with Gasteiger partial charge in [-0.3, -0.25) is 0 Å². The first kappa shape index (κ1) is 17.7. The summed E-state index contributed by atoms with van der Waals surface area (Å²) >= 11 is 0. The van der Waals surface area contributed by atoms with Gasteiger partial charge in [0.05, 0.1) is 5.56 Å². The van der Waals surface area contributed by atoms with E-state index in [0.29, 0.717) is 22.3 Å². The lowest BCUT2D eigenvalue weighted by Crippen LogP contribution is -1.92. The van der Waals surface area contributed by atoms with Gasteiger partial charge in [0.25, 0.3) is 0 Å². The molecule has 136 valence electrons. The Morgan fingerprint density at radius 1 is 0.786 bits per heavy atom. The normalized spacial score (nSPS) is 10.6. The number of rotatable bonds is 1. The summed E-state index contributed by atoms with van der Waals surface area (Å²) in [5.41, 5.74) is 2.28. The average molecular weight is 374 g/mol. The number of benzene rings is 3. The van der Waals surface area contributed by atoms with Crippen molar-refractivity contribution in [1.29, 1.82) is 0 Å². The van der Waals surface area contributed by atoms with Gasteiger partial charge in [-0.1, -0.05) is 24.0 Å². The van der Waals surface area contributed by atoms with Crippen LogP contribution in [0.15, 0.2) is 60.9 Å². The molecule has 4 rings (SSSR count). The third kappa shape index (κ3) is 3.45. The van der Waals surface area contributed by atoms with Crippen LogP contribution in [-0.4, -0.2) is 9.97 Å². The molecule has 0 N–H and O–H groups in total. The largest absolute Gasteiger partial charge is 0.236 e. The van der Waals surface area contributed by atoms with Crippen molar-refractivity contribution in [2.24, 2.45) is 0 Å². The third-order valence-electron chi connectivity index (χ3n) is 4.26. The summed E-state index contributed by atoms with van der Waals surface area (Å²) in [6.45, 7) is 1.88. The zero-order valence-corrected chi connectivity index (χ0v) is 14.8. The van der Waals surface area contributed by atoms with Crippen LogP contribution in [0.2, 0.25) is 0 Å². The lowest BCUT2D eigenvalue weighted by Gasteiger charge is -2.02. The number of nitrogens with zero attached hydrogens (tertiary/aromatic N) is 2. The van der Waals surface area contributed by atoms with E-state index in [-0.39, 0.29) is 10.9 Å². The van der Waals surface area contributed by atoms with Gasteiger partial charge < -0.3 is 0 Å². The maximum Gasteiger partial charge on any atom is 0.166 e. The molecule has 0 amide bonds. The van der Waals surface area contributed by atoms with Crippen molar-refractivity contribution in [3.05, 3.63) is 95.1 Å². The molecule has 5 heteroatoms. The quantitative estimate of drug-likeness (QED) is 0.416. The van der Waals surface area contributed by atoms with Crippen LogP contribution in [-0.2, 0) is 0 Å². The number of halogens is 3. The summed E-state index contributed by atoms with van der Waals surface area (Å²) in [6.07, 6.45) is 3.34. The zero-order valence-electron chi connectivity index (χ0n) is 14.8. The highest BCUT2D eigenvalue weighted by Gasteiger charge is 2.08. The second-order valence-electron chi connectivity index (χ2n) is 6.33. The molecule has 0 saturated heterocycles. The number of hydrogen-bond donors (Lipinski definition) is 0. The van der Waals surface area contributed by atoms with Crippen molar-refractivity contribution < 1.29 is 13.2 Å². The van der Waals surface area contributed by atoms with E-state index in [1.807, 2.05) is 6.92 Å². The summed E-state index contributed by atoms with van der Waals surface area (Å²) in [4.78, 5) is 8.37. The van der Waals surface area contributed by atoms with Gasteiger partial charge in [0.1, 0.15) is 5.82 Å². The first-order valence-corrected chi connectivity index (χ1v) is 8.49. The molecule has 4 aromatic rings. The number of aromatic nitrogens is 2. The standard InChI is InChI=1S/C23H13F3N2/c1-14-12-27-23(28-13-14)18-6-5-16(21(25)11-18)4-2-15-3-8-19-17(10-15)7-9-20(24)22(19)26/h3,5-13H,1H3. The molecule has 1 heterocycles. The smallest absolute Gasteiger partial charge is 0.166 e. The highest BCUT2D eigenvalue weighted by molar-refractivity contribution is 5.84. The van der Waals surface area contributed by atoms with Gasteiger partial charge in [-0.2, -0.15) is 0 Å². The van der Waals surface area contributed by atoms with Gasteiger partial charge in [-0.05, 0) is 54.3 Å². The molecule has 0 aliphatic carbocycles. The molecule has 0 radical (unpaired) electrons. The monoisotopic (exact) mass is 374 g/mol. The molecule has 28 heavy (non-hydrogen) atoms. The van der Waals surface area contributed by atoms with Gasteiger partial charge in [0.2, 0.25) is 0 Å². The molecule has 0 fully saturated rings. The topological polar surface area (TPSA) is 25.8 Å². The summed E-state index contributed by atoms with van der Waals surface area (Å²) in [7, 11) is 0. The molecular weight excluding hydrogens is 361 g/mol. The Bertz CT molecular complexity index is 1250. The molecule has 0 bridgehead atoms. The highest BCUT2D eigenvalue weighted by atomic mass is 19.2. The van der Waals surface area contributed by atoms with Crippen molar-refractivity contribution in [1.82, 2.24) is 9.97 Å². The fraction of sp³-hybridized carbons (Fsp3) is 0.0435. The molecule has 0 atom stereocenters. The van der Waals surface area contributed by atoms with Crippen LogP contribution in [0.1, 0.15) is 16.7 Å². The van der Waals surface area contributed by atoms with Crippen molar-refractivity contribution in [3.63, 3.8) is 0 Å². The molecule has 0 spiro atoms. The van der Waals surface area contributed by atoms with Crippen LogP contribution in [0.25, 0.3) is 22.2 Å². The zero-order chi connectivity index (χ0) is 19.7. The van der Waals surface area contributed by atoms with E-state index < -0.39 is 17.5 Å². The van der Waals surface area contributed by atoms with Gasteiger partial charge in [-0.15, -0.1) is 0 Å². The number of hydrogen-bond acceptors (Lipinski definition) is 2. The SMILES string of the molecule is Cc1cnc(-c2ccc(C#Cc3ccc4c(F)c(F)ccc4c3)c(F)c2)nc1. The second kappa shape index (κ2) is 7.16. The molecule has 0 unspecified atom stereocenters. The van der Waals surface area contributed by atoms with E-state index in [1.54, 1.807) is 36.7 Å². The van der Waals surface area contributed by atoms with E-state index in [0.717, 1.165) is 11.6 Å². The summed E-state index contributed by atoms with van der Waals surface area (Å²) in [5.74, 6) is 3.80. The van der Waals surface area contributed by atoms with Crippen LogP contribution in [0, 0.1) is 36.2 Å². The molecule has 2 nitrogen and oxygen atoms in total. The van der Waals surface area contributed by atoms with Crippen LogP contribution in [0.5, 0.6) is 0 Å². The fourth-order valence-corrected chi connectivity index (χ4v) is 2.78. The molecule has 0 aliphatic heterocycles.